The van der Waals surface area contributed by atoms with Crippen molar-refractivity contribution in [2.75, 3.05) is 6.61 Å². The highest BCUT2D eigenvalue weighted by Crippen LogP contribution is 2.38. The number of fused-ring (bicyclic) bond motifs is 3. The second-order valence-corrected chi connectivity index (χ2v) is 8.21. The molecule has 1 N–H and O–H groups in total. The maximum absolute atomic E-state index is 14.7. The summed E-state index contributed by atoms with van der Waals surface area (Å²) in [5.74, 6) is -1.50. The van der Waals surface area contributed by atoms with Gasteiger partial charge in [-0.05, 0) is 43.2 Å². The molecule has 162 valence electrons. The predicted octanol–water partition coefficient (Wildman–Crippen LogP) is 4.57. The lowest BCUT2D eigenvalue weighted by Crippen LogP contribution is -2.43. The van der Waals surface area contributed by atoms with Crippen molar-refractivity contribution in [3.05, 3.63) is 36.0 Å². The standard InChI is InChI=1S/C21H23F4N3O2/c1-12-6-13(9-21(23,24)25)2-3-17(12)27-20(29)14-7-15-18-10-26-11-28(18)4-5-30-19(15)16(22)8-14/h7-8,10-13,17H,2-6,9H2,1H3,(H,27,29). The Balaban J connectivity index is 1.50. The summed E-state index contributed by atoms with van der Waals surface area (Å²) in [7, 11) is 0. The maximum atomic E-state index is 14.7. The number of benzene rings is 1. The average Bonchev–Trinajstić information content (AvgIpc) is 3.05. The van der Waals surface area contributed by atoms with E-state index in [0.717, 1.165) is 6.07 Å². The first-order valence-corrected chi connectivity index (χ1v) is 10.1. The number of imidazole rings is 1. The summed E-state index contributed by atoms with van der Waals surface area (Å²) in [5.41, 5.74) is 1.27. The summed E-state index contributed by atoms with van der Waals surface area (Å²) >= 11 is 0. The van der Waals surface area contributed by atoms with Gasteiger partial charge in [-0.15, -0.1) is 0 Å². The second kappa shape index (κ2) is 7.92. The van der Waals surface area contributed by atoms with E-state index in [9.17, 15) is 22.4 Å². The van der Waals surface area contributed by atoms with E-state index in [-0.39, 0.29) is 29.9 Å². The first-order chi connectivity index (χ1) is 14.2. The Hall–Kier alpha value is -2.58. The molecular formula is C21H23F4N3O2. The third kappa shape index (κ3) is 4.29. The molecule has 1 amide bonds. The number of amides is 1. The van der Waals surface area contributed by atoms with Crippen LogP contribution in [0.4, 0.5) is 17.6 Å². The maximum Gasteiger partial charge on any atom is 0.389 e. The second-order valence-electron chi connectivity index (χ2n) is 8.21. The van der Waals surface area contributed by atoms with Crippen LogP contribution in [0.2, 0.25) is 0 Å². The van der Waals surface area contributed by atoms with Crippen LogP contribution in [0.3, 0.4) is 0 Å². The van der Waals surface area contributed by atoms with Crippen molar-refractivity contribution in [3.63, 3.8) is 0 Å². The lowest BCUT2D eigenvalue weighted by Gasteiger charge is -2.35. The van der Waals surface area contributed by atoms with Gasteiger partial charge >= 0.3 is 6.18 Å². The average molecular weight is 425 g/mol. The highest BCUT2D eigenvalue weighted by atomic mass is 19.4. The fraction of sp³-hybridized carbons (Fsp3) is 0.524. The summed E-state index contributed by atoms with van der Waals surface area (Å²) in [6.45, 7) is 2.65. The molecule has 1 saturated carbocycles. The molecule has 2 aromatic rings. The van der Waals surface area contributed by atoms with Gasteiger partial charge in [0.25, 0.3) is 5.91 Å². The van der Waals surface area contributed by atoms with E-state index in [1.54, 1.807) is 18.6 Å². The van der Waals surface area contributed by atoms with Gasteiger partial charge in [0.05, 0.1) is 24.8 Å². The quantitative estimate of drug-likeness (QED) is 0.733. The number of carbonyl (C=O) groups is 1. The van der Waals surface area contributed by atoms with Crippen molar-refractivity contribution >= 4 is 5.91 Å². The zero-order valence-electron chi connectivity index (χ0n) is 16.5. The lowest BCUT2D eigenvalue weighted by atomic mass is 9.77. The minimum absolute atomic E-state index is 0.0897. The molecule has 1 aliphatic heterocycles. The number of hydrogen-bond donors (Lipinski definition) is 1. The van der Waals surface area contributed by atoms with Gasteiger partial charge in [0, 0.05) is 23.6 Å². The van der Waals surface area contributed by atoms with Crippen LogP contribution in [-0.2, 0) is 6.54 Å². The van der Waals surface area contributed by atoms with Gasteiger partial charge in [0.1, 0.15) is 6.61 Å². The molecule has 0 bridgehead atoms. The molecule has 0 radical (unpaired) electrons. The van der Waals surface area contributed by atoms with Gasteiger partial charge in [0.15, 0.2) is 11.6 Å². The summed E-state index contributed by atoms with van der Waals surface area (Å²) in [6, 6.07) is 2.47. The third-order valence-corrected chi connectivity index (χ3v) is 5.99. The highest BCUT2D eigenvalue weighted by molar-refractivity contribution is 5.96. The smallest absolute Gasteiger partial charge is 0.389 e. The fourth-order valence-electron chi connectivity index (χ4n) is 4.52. The largest absolute Gasteiger partial charge is 0.488 e. The van der Waals surface area contributed by atoms with Crippen LogP contribution >= 0.6 is 0 Å². The van der Waals surface area contributed by atoms with Gasteiger partial charge in [0.2, 0.25) is 0 Å². The zero-order chi connectivity index (χ0) is 21.5. The van der Waals surface area contributed by atoms with Gasteiger partial charge in [-0.3, -0.25) is 4.79 Å². The molecule has 9 heteroatoms. The summed E-state index contributed by atoms with van der Waals surface area (Å²) in [6.07, 6.45) is -0.471. The van der Waals surface area contributed by atoms with E-state index < -0.39 is 30.2 Å². The van der Waals surface area contributed by atoms with E-state index in [4.69, 9.17) is 4.74 Å². The van der Waals surface area contributed by atoms with Crippen LogP contribution in [-0.4, -0.2) is 34.3 Å². The molecule has 4 rings (SSSR count). The first-order valence-electron chi connectivity index (χ1n) is 10.1. The number of carbonyl (C=O) groups excluding carboxylic acids is 1. The van der Waals surface area contributed by atoms with Crippen LogP contribution in [0.5, 0.6) is 5.75 Å². The van der Waals surface area contributed by atoms with Crippen LogP contribution in [0.1, 0.15) is 43.0 Å². The normalized spacial score (nSPS) is 23.7. The lowest BCUT2D eigenvalue weighted by molar-refractivity contribution is -0.147. The van der Waals surface area contributed by atoms with Crippen molar-refractivity contribution in [1.82, 2.24) is 14.9 Å². The monoisotopic (exact) mass is 425 g/mol. The summed E-state index contributed by atoms with van der Waals surface area (Å²) < 4.78 is 60.0. The Bertz CT molecular complexity index is 941. The van der Waals surface area contributed by atoms with Crippen molar-refractivity contribution in [1.29, 1.82) is 0 Å². The van der Waals surface area contributed by atoms with E-state index in [0.29, 0.717) is 37.1 Å². The van der Waals surface area contributed by atoms with Gasteiger partial charge in [-0.2, -0.15) is 13.2 Å². The highest BCUT2D eigenvalue weighted by Gasteiger charge is 2.36. The Morgan fingerprint density at radius 1 is 1.33 bits per heavy atom. The summed E-state index contributed by atoms with van der Waals surface area (Å²) in [4.78, 5) is 16.9. The van der Waals surface area contributed by atoms with Gasteiger partial charge < -0.3 is 14.6 Å². The number of nitrogens with zero attached hydrogens (tertiary/aromatic N) is 2. The SMILES string of the molecule is CC1CC(CC(F)(F)F)CCC1NC(=O)c1cc(F)c2c(c1)-c1cncn1CCO2. The Morgan fingerprint density at radius 3 is 2.87 bits per heavy atom. The Labute approximate surface area is 171 Å². The molecule has 1 fully saturated rings. The molecule has 5 nitrogen and oxygen atoms in total. The van der Waals surface area contributed by atoms with Crippen LogP contribution in [0, 0.1) is 17.7 Å². The molecule has 0 saturated heterocycles. The molecule has 3 unspecified atom stereocenters. The number of ether oxygens (including phenoxy) is 1. The minimum atomic E-state index is -4.17. The van der Waals surface area contributed by atoms with E-state index >= 15 is 0 Å². The molecule has 1 aromatic carbocycles. The van der Waals surface area contributed by atoms with E-state index in [1.165, 1.54) is 0 Å². The molecule has 30 heavy (non-hydrogen) atoms. The third-order valence-electron chi connectivity index (χ3n) is 5.99. The fourth-order valence-corrected chi connectivity index (χ4v) is 4.52. The van der Waals surface area contributed by atoms with Crippen LogP contribution in [0.15, 0.2) is 24.7 Å². The van der Waals surface area contributed by atoms with Crippen molar-refractivity contribution < 1.29 is 27.1 Å². The van der Waals surface area contributed by atoms with Crippen molar-refractivity contribution in [3.8, 4) is 17.0 Å². The van der Waals surface area contributed by atoms with Crippen LogP contribution in [0.25, 0.3) is 11.3 Å². The summed E-state index contributed by atoms with van der Waals surface area (Å²) in [5, 5.41) is 2.89. The predicted molar refractivity (Wildman–Crippen MR) is 102 cm³/mol. The molecule has 2 aliphatic rings. The van der Waals surface area contributed by atoms with Gasteiger partial charge in [-0.25, -0.2) is 9.37 Å². The number of rotatable bonds is 3. The Kier molecular flexibility index (Phi) is 5.46. The molecule has 3 atom stereocenters. The number of nitrogens with one attached hydrogen (secondary N) is 1. The molecule has 2 heterocycles. The molecule has 1 aliphatic carbocycles. The van der Waals surface area contributed by atoms with Crippen molar-refractivity contribution in [2.24, 2.45) is 11.8 Å². The number of halogens is 4. The van der Waals surface area contributed by atoms with Crippen LogP contribution < -0.4 is 10.1 Å². The number of alkyl halides is 3. The first kappa shape index (κ1) is 20.7. The molecule has 0 spiro atoms. The number of aromatic nitrogens is 2. The Morgan fingerprint density at radius 2 is 2.13 bits per heavy atom. The number of hydrogen-bond acceptors (Lipinski definition) is 3. The topological polar surface area (TPSA) is 56.2 Å². The van der Waals surface area contributed by atoms with E-state index in [1.807, 2.05) is 11.5 Å². The molecule has 1 aromatic heterocycles. The molecular weight excluding hydrogens is 402 g/mol. The van der Waals surface area contributed by atoms with Crippen molar-refractivity contribution in [2.45, 2.75) is 51.4 Å². The minimum Gasteiger partial charge on any atom is -0.488 e. The van der Waals surface area contributed by atoms with E-state index in [2.05, 4.69) is 10.3 Å². The zero-order valence-corrected chi connectivity index (χ0v) is 16.5. The van der Waals surface area contributed by atoms with Gasteiger partial charge in [-0.1, -0.05) is 6.92 Å².